The molecule has 0 fully saturated rings. The lowest BCUT2D eigenvalue weighted by Gasteiger charge is -2.14. The average Bonchev–Trinajstić information content (AvgIpc) is 1.71. The summed E-state index contributed by atoms with van der Waals surface area (Å²) < 4.78 is 104. The van der Waals surface area contributed by atoms with Crippen LogP contribution in [-0.2, 0) is 66.5 Å². The number of rotatable bonds is 25. The van der Waals surface area contributed by atoms with Crippen molar-refractivity contribution >= 4 is 123 Å². The Morgan fingerprint density at radius 3 is 0.993 bits per heavy atom. The number of carbonyl (C=O) groups excluding carboxylic acids is 7. The van der Waals surface area contributed by atoms with Gasteiger partial charge in [-0.3, -0.25) is 33.6 Å². The molecule has 0 aliphatic heterocycles. The number of hydrogen-bond donors (Lipinski definition) is 9. The minimum atomic E-state index is -0.428. The molecule has 0 aliphatic carbocycles. The van der Waals surface area contributed by atoms with Gasteiger partial charge < -0.3 is 70.0 Å². The number of amides is 7. The van der Waals surface area contributed by atoms with Crippen LogP contribution in [0, 0.1) is 61.5 Å². The van der Waals surface area contributed by atoms with Crippen molar-refractivity contribution in [3.63, 3.8) is 0 Å². The number of halogens is 14. The number of hydrogen-bond acceptors (Lipinski definition) is 7. The van der Waals surface area contributed by atoms with Gasteiger partial charge in [0.05, 0.1) is 0 Å². The summed E-state index contributed by atoms with van der Waals surface area (Å²) in [4.78, 5) is 89.8. The highest BCUT2D eigenvalue weighted by molar-refractivity contribution is 6.33. The molecule has 15 rings (SSSR count). The van der Waals surface area contributed by atoms with Gasteiger partial charge in [-0.25, -0.2) is 30.7 Å². The molecule has 7 amide bonds. The van der Waals surface area contributed by atoms with E-state index in [9.17, 15) is 64.3 Å². The van der Waals surface area contributed by atoms with Gasteiger partial charge in [0.1, 0.15) is 80.6 Å². The van der Waals surface area contributed by atoms with Gasteiger partial charge in [0.15, 0.2) is 0 Å². The largest absolute Gasteiger partial charge is 0.357 e. The van der Waals surface area contributed by atoms with Crippen molar-refractivity contribution < 1.29 is 64.3 Å². The normalized spacial score (nSPS) is 10.6. The summed E-state index contributed by atoms with van der Waals surface area (Å²) >= 11 is 41.3. The predicted octanol–water partition coefficient (Wildman–Crippen LogP) is 23.7. The Hall–Kier alpha value is -13.5. The second-order valence-electron chi connectivity index (χ2n) is 31.0. The van der Waals surface area contributed by atoms with E-state index in [1.165, 1.54) is 84.9 Å². The molecule has 9 N–H and O–H groups in total. The molecule has 0 saturated carbocycles. The SMILES string of the molecule is CC(C)n1cccc1C(=O)NCc1c(F)cccc1Cl.Cc1cc[nH]c1C(=O)NCc1c(F)cccc1Cl.Cc1ccn(C(C)C)c1C(=O)NCc1c(F)cccc1Cl.Cc1ccn(C)c1C(=O)NCc1c(F)cccc1Cl.Cn1cccc1C(=O)NCc1c(F)cccc1Cl.O=C(NCc1c(F)cccc1Cl)c1ccc[nH]1.O=C(NCc1c(F)cccc1Cl)c1cccn1Cc1ccccc1. The maximum Gasteiger partial charge on any atom is 0.268 e. The number of aryl methyl sites for hydroxylation is 5. The van der Waals surface area contributed by atoms with Crippen molar-refractivity contribution in [1.29, 1.82) is 0 Å². The second kappa shape index (κ2) is 52.6. The third-order valence-electron chi connectivity index (χ3n) is 20.8. The number of aromatic amines is 2. The summed E-state index contributed by atoms with van der Waals surface area (Å²) in [5.41, 5.74) is 9.39. The molecule has 0 atom stereocenters. The number of nitrogens with one attached hydrogen (secondary N) is 9. The number of H-pyrrole nitrogens is 2. The molecule has 21 nitrogen and oxygen atoms in total. The molecular formula is C102H98Cl7F7N14O7. The first-order valence-corrected chi connectivity index (χ1v) is 45.1. The quantitative estimate of drug-likeness (QED) is 0.0250. The highest BCUT2D eigenvalue weighted by Crippen LogP contribution is 2.28. The van der Waals surface area contributed by atoms with Gasteiger partial charge in [0.25, 0.3) is 41.4 Å². The van der Waals surface area contributed by atoms with Crippen molar-refractivity contribution in [1.82, 2.24) is 70.0 Å². The molecule has 8 aromatic carbocycles. The molecule has 0 bridgehead atoms. The third kappa shape index (κ3) is 30.8. The first-order valence-electron chi connectivity index (χ1n) is 42.5. The molecule has 137 heavy (non-hydrogen) atoms. The predicted molar refractivity (Wildman–Crippen MR) is 524 cm³/mol. The van der Waals surface area contributed by atoms with Crippen LogP contribution in [0.3, 0.4) is 0 Å². The van der Waals surface area contributed by atoms with Crippen LogP contribution >= 0.6 is 81.2 Å². The molecule has 0 saturated heterocycles. The van der Waals surface area contributed by atoms with Gasteiger partial charge in [0.2, 0.25) is 0 Å². The van der Waals surface area contributed by atoms with Crippen molar-refractivity contribution in [2.75, 3.05) is 0 Å². The number of aromatic nitrogens is 7. The Morgan fingerprint density at radius 2 is 0.635 bits per heavy atom. The number of nitrogens with zero attached hydrogens (tertiary/aromatic N) is 5. The van der Waals surface area contributed by atoms with Crippen LogP contribution < -0.4 is 37.2 Å². The standard InChI is InChI=1S/C19H16ClFN2O.C16H18ClFN2O.C15H16ClFN2O.C14H14ClFN2O.2C13H12ClFN2O.C12H10ClFN2O/c20-16-8-4-9-17(21)15(16)12-22-19(24)18-10-5-11-23(18)13-14-6-2-1-3-7-14;1-10(2)20-8-7-11(3)15(20)16(21)19-9-12-13(17)5-4-6-14(12)18;1-10(2)19-8-4-7-14(19)15(20)18-9-11-12(16)5-3-6-13(11)17;1-9-6-7-18(2)13(9)14(19)17-8-10-11(15)4-3-5-12(10)16;1-17-7-3-6-12(17)13(18)16-8-9-10(14)4-2-5-11(9)15;1-8-5-6-16-12(8)13(18)17-7-9-10(14)3-2-4-11(9)15;13-9-3-1-4-10(14)8(9)7-16-12(17)11-5-2-6-15-11/h1-11H,12-13H2,(H,22,24);4-8,10H,9H2,1-3H3,(H,19,21);3-8,10H,9H2,1-2H3,(H,18,20);3-7H,8H2,1-2H3,(H,17,19);2-7H,8H2,1H3,(H,16,18);2-6,16H,7H2,1H3,(H,17,18);1-6,15H,7H2,(H,16,17). The van der Waals surface area contributed by atoms with E-state index in [0.29, 0.717) is 104 Å². The molecule has 35 heteroatoms. The van der Waals surface area contributed by atoms with Gasteiger partial charge in [-0.15, -0.1) is 0 Å². The monoisotopic (exact) mass is 2010 g/mol. The van der Waals surface area contributed by atoms with Gasteiger partial charge in [-0.1, -0.05) is 154 Å². The van der Waals surface area contributed by atoms with Crippen molar-refractivity contribution in [2.45, 2.75) is 113 Å². The topological polar surface area (TPSA) is 260 Å². The average molecular weight is 2010 g/mol. The van der Waals surface area contributed by atoms with Gasteiger partial charge in [0, 0.05) is 196 Å². The summed E-state index contributed by atoms with van der Waals surface area (Å²) in [6.07, 6.45) is 12.5. The molecule has 7 heterocycles. The zero-order valence-electron chi connectivity index (χ0n) is 75.6. The summed E-state index contributed by atoms with van der Waals surface area (Å²) in [6.45, 7) is 14.6. The van der Waals surface area contributed by atoms with E-state index in [1.54, 1.807) is 133 Å². The first kappa shape index (κ1) is 107. The Labute approximate surface area is 823 Å². The van der Waals surface area contributed by atoms with E-state index in [0.717, 1.165) is 22.3 Å². The summed E-state index contributed by atoms with van der Waals surface area (Å²) in [7, 11) is 3.56. The van der Waals surface area contributed by atoms with Gasteiger partial charge in [-0.2, -0.15) is 0 Å². The smallest absolute Gasteiger partial charge is 0.268 e. The lowest BCUT2D eigenvalue weighted by Crippen LogP contribution is -2.27. The van der Waals surface area contributed by atoms with Crippen LogP contribution in [0.1, 0.15) is 174 Å². The Bertz CT molecular complexity index is 6370. The van der Waals surface area contributed by atoms with Crippen molar-refractivity contribution in [3.05, 3.63) is 445 Å². The molecule has 716 valence electrons. The summed E-state index contributed by atoms with van der Waals surface area (Å²) in [5.74, 6) is -4.79. The molecule has 0 radical (unpaired) electrons. The molecular weight excluding hydrogens is 1910 g/mol. The van der Waals surface area contributed by atoms with E-state index < -0.39 is 40.7 Å². The molecule has 15 aromatic rings. The zero-order valence-corrected chi connectivity index (χ0v) is 80.9. The lowest BCUT2D eigenvalue weighted by atomic mass is 10.2. The maximum atomic E-state index is 13.8. The fourth-order valence-electron chi connectivity index (χ4n) is 13.4. The lowest BCUT2D eigenvalue weighted by molar-refractivity contribution is 0.0931. The first-order chi connectivity index (χ1) is 65.4. The minimum Gasteiger partial charge on any atom is -0.357 e. The van der Waals surface area contributed by atoms with E-state index in [1.807, 2.05) is 135 Å². The number of benzene rings is 8. The van der Waals surface area contributed by atoms with E-state index in [-0.39, 0.29) is 116 Å². The Morgan fingerprint density at radius 1 is 0.292 bits per heavy atom. The van der Waals surface area contributed by atoms with Crippen LogP contribution in [0.5, 0.6) is 0 Å². The molecule has 0 aliphatic rings. The summed E-state index contributed by atoms with van der Waals surface area (Å²) in [6, 6.07) is 60.8. The maximum absolute atomic E-state index is 13.8. The molecule has 0 unspecified atom stereocenters. The minimum absolute atomic E-state index is 0.0425. The fraction of sp³-hybridized carbons (Fsp3) is 0.186. The summed E-state index contributed by atoms with van der Waals surface area (Å²) in [5, 5.41) is 20.8. The van der Waals surface area contributed by atoms with Crippen LogP contribution in [0.15, 0.2) is 268 Å². The second-order valence-corrected chi connectivity index (χ2v) is 33.9. The van der Waals surface area contributed by atoms with Gasteiger partial charge in [-0.05, 0) is 222 Å². The Balaban J connectivity index is 0.000000180. The van der Waals surface area contributed by atoms with E-state index in [4.69, 9.17) is 81.2 Å². The van der Waals surface area contributed by atoms with E-state index in [2.05, 4.69) is 47.2 Å². The van der Waals surface area contributed by atoms with Crippen LogP contribution in [0.2, 0.25) is 35.2 Å². The van der Waals surface area contributed by atoms with Crippen LogP contribution in [0.4, 0.5) is 30.7 Å². The molecule has 0 spiro atoms. The fourth-order valence-corrected chi connectivity index (χ4v) is 15.0. The van der Waals surface area contributed by atoms with Crippen LogP contribution in [-0.4, -0.2) is 74.2 Å². The Kier molecular flexibility index (Phi) is 41.2. The third-order valence-corrected chi connectivity index (χ3v) is 23.3. The number of carbonyl (C=O) groups is 7. The van der Waals surface area contributed by atoms with Crippen molar-refractivity contribution in [3.8, 4) is 0 Å². The zero-order chi connectivity index (χ0) is 99.7. The van der Waals surface area contributed by atoms with Gasteiger partial charge >= 0.3 is 0 Å². The highest BCUT2D eigenvalue weighted by atomic mass is 35.5. The molecule has 7 aromatic heterocycles. The van der Waals surface area contributed by atoms with Crippen LogP contribution in [0.25, 0.3) is 0 Å². The van der Waals surface area contributed by atoms with E-state index >= 15 is 0 Å². The highest BCUT2D eigenvalue weighted by Gasteiger charge is 2.23. The van der Waals surface area contributed by atoms with Crippen molar-refractivity contribution in [2.24, 2.45) is 14.1 Å².